The number of aliphatic carboxylic acids is 1. The number of aromatic nitrogens is 1. The first-order chi connectivity index (χ1) is 21.0. The number of benzene rings is 1. The molecule has 0 unspecified atom stereocenters. The number of carboxylic acids is 1. The number of halogens is 6. The normalized spacial score (nSPS) is 22.6. The summed E-state index contributed by atoms with van der Waals surface area (Å²) in [6.45, 7) is 8.71. The van der Waals surface area contributed by atoms with E-state index >= 15 is 0 Å². The van der Waals surface area contributed by atoms with Gasteiger partial charge in [0.25, 0.3) is 0 Å². The van der Waals surface area contributed by atoms with Crippen molar-refractivity contribution in [2.75, 3.05) is 18.0 Å². The van der Waals surface area contributed by atoms with Crippen molar-refractivity contribution in [3.05, 3.63) is 58.4 Å². The van der Waals surface area contributed by atoms with Crippen LogP contribution in [0.2, 0.25) is 0 Å². The van der Waals surface area contributed by atoms with E-state index in [-0.39, 0.29) is 30.9 Å². The van der Waals surface area contributed by atoms with Gasteiger partial charge in [-0.3, -0.25) is 14.7 Å². The summed E-state index contributed by atoms with van der Waals surface area (Å²) in [6.07, 6.45) is -8.69. The summed E-state index contributed by atoms with van der Waals surface area (Å²) in [5.74, 6) is -0.244. The maximum atomic E-state index is 13.5. The van der Waals surface area contributed by atoms with Gasteiger partial charge in [0, 0.05) is 25.2 Å². The lowest BCUT2D eigenvalue weighted by atomic mass is 9.80. The van der Waals surface area contributed by atoms with Gasteiger partial charge >= 0.3 is 24.4 Å². The summed E-state index contributed by atoms with van der Waals surface area (Å²) in [5, 5.41) is 9.14. The van der Waals surface area contributed by atoms with Gasteiger partial charge in [0.05, 0.1) is 35.1 Å². The van der Waals surface area contributed by atoms with E-state index < -0.39 is 53.3 Å². The molecule has 4 rings (SSSR count). The first-order valence-electron chi connectivity index (χ1n) is 15.2. The highest BCUT2D eigenvalue weighted by molar-refractivity contribution is 5.71. The SMILES string of the molecule is CCN(C[C@H]1CC[C@H](CC(=O)O)CC1)c1ccc(C(C)C)nc1CN1C(=O)O[C@H](c2cc(C(F)(F)F)cc(C(F)(F)F)c2)[C@@H]1C. The number of cyclic esters (lactones) is 1. The monoisotopic (exact) mass is 643 g/mol. The Morgan fingerprint density at radius 3 is 2.11 bits per heavy atom. The second kappa shape index (κ2) is 13.5. The van der Waals surface area contributed by atoms with E-state index in [1.165, 1.54) is 11.8 Å². The van der Waals surface area contributed by atoms with E-state index in [9.17, 15) is 35.9 Å². The summed E-state index contributed by atoms with van der Waals surface area (Å²) in [4.78, 5) is 32.5. The van der Waals surface area contributed by atoms with Crippen LogP contribution in [0.25, 0.3) is 0 Å². The molecular weight excluding hydrogens is 604 g/mol. The Labute approximate surface area is 258 Å². The van der Waals surface area contributed by atoms with Crippen molar-refractivity contribution >= 4 is 17.7 Å². The fraction of sp³-hybridized carbons (Fsp3) is 0.594. The van der Waals surface area contributed by atoms with Gasteiger partial charge in [-0.15, -0.1) is 0 Å². The number of carbonyl (C=O) groups is 2. The number of nitrogens with zero attached hydrogens (tertiary/aromatic N) is 3. The van der Waals surface area contributed by atoms with E-state index in [1.54, 1.807) is 0 Å². The zero-order valence-electron chi connectivity index (χ0n) is 25.7. The number of rotatable bonds is 10. The Morgan fingerprint density at radius 1 is 1.02 bits per heavy atom. The number of amides is 1. The van der Waals surface area contributed by atoms with Crippen LogP contribution in [0.4, 0.5) is 36.8 Å². The molecule has 1 N–H and O–H groups in total. The average Bonchev–Trinajstić information content (AvgIpc) is 3.24. The van der Waals surface area contributed by atoms with Crippen LogP contribution in [0.15, 0.2) is 30.3 Å². The molecule has 45 heavy (non-hydrogen) atoms. The van der Waals surface area contributed by atoms with Crippen LogP contribution in [-0.2, 0) is 28.4 Å². The fourth-order valence-corrected chi connectivity index (χ4v) is 6.28. The van der Waals surface area contributed by atoms with Crippen molar-refractivity contribution in [1.82, 2.24) is 9.88 Å². The third-order valence-corrected chi connectivity index (χ3v) is 8.84. The Hall–Kier alpha value is -3.51. The number of hydrogen-bond acceptors (Lipinski definition) is 5. The minimum atomic E-state index is -5.03. The molecular formula is C32H39F6N3O4. The molecule has 0 radical (unpaired) electrons. The van der Waals surface area contributed by atoms with Crippen molar-refractivity contribution in [3.8, 4) is 0 Å². The predicted molar refractivity (Wildman–Crippen MR) is 155 cm³/mol. The van der Waals surface area contributed by atoms with Crippen LogP contribution in [0, 0.1) is 11.8 Å². The molecule has 13 heteroatoms. The van der Waals surface area contributed by atoms with Gasteiger partial charge in [0.15, 0.2) is 0 Å². The van der Waals surface area contributed by atoms with Gasteiger partial charge < -0.3 is 14.7 Å². The number of carbonyl (C=O) groups excluding carboxylic acids is 1. The van der Waals surface area contributed by atoms with Crippen LogP contribution in [-0.4, -0.2) is 46.2 Å². The zero-order chi connectivity index (χ0) is 33.3. The molecule has 7 nitrogen and oxygen atoms in total. The van der Waals surface area contributed by atoms with Gasteiger partial charge in [-0.25, -0.2) is 4.79 Å². The lowest BCUT2D eigenvalue weighted by Gasteiger charge is -2.34. The quantitative estimate of drug-likeness (QED) is 0.262. The van der Waals surface area contributed by atoms with Crippen molar-refractivity contribution in [2.24, 2.45) is 11.8 Å². The molecule has 2 fully saturated rings. The molecule has 0 bridgehead atoms. The molecule has 1 amide bonds. The number of anilines is 1. The molecule has 2 heterocycles. The van der Waals surface area contributed by atoms with Gasteiger partial charge in [-0.05, 0) is 93.2 Å². The highest BCUT2D eigenvalue weighted by atomic mass is 19.4. The maximum absolute atomic E-state index is 13.5. The molecule has 1 aliphatic heterocycles. The Morgan fingerprint density at radius 2 is 1.60 bits per heavy atom. The Balaban J connectivity index is 1.60. The molecule has 248 valence electrons. The van der Waals surface area contributed by atoms with Crippen LogP contribution in [0.1, 0.15) is 99.9 Å². The Kier molecular flexibility index (Phi) is 10.3. The molecule has 1 aromatic heterocycles. The second-order valence-corrected chi connectivity index (χ2v) is 12.4. The smallest absolute Gasteiger partial charge is 0.416 e. The van der Waals surface area contributed by atoms with Crippen molar-refractivity contribution < 1.29 is 45.8 Å². The summed E-state index contributed by atoms with van der Waals surface area (Å²) >= 11 is 0. The molecule has 1 aliphatic carbocycles. The van der Waals surface area contributed by atoms with Gasteiger partial charge in [0.2, 0.25) is 0 Å². The third-order valence-electron chi connectivity index (χ3n) is 8.84. The van der Waals surface area contributed by atoms with E-state index in [0.29, 0.717) is 36.8 Å². The number of ether oxygens (including phenoxy) is 1. The highest BCUT2D eigenvalue weighted by Gasteiger charge is 2.43. The molecule has 1 saturated carbocycles. The van der Waals surface area contributed by atoms with Crippen LogP contribution < -0.4 is 4.90 Å². The fourth-order valence-electron chi connectivity index (χ4n) is 6.28. The summed E-state index contributed by atoms with van der Waals surface area (Å²) in [7, 11) is 0. The van der Waals surface area contributed by atoms with Crippen molar-refractivity contribution in [2.45, 2.75) is 96.8 Å². The van der Waals surface area contributed by atoms with E-state index in [0.717, 1.165) is 37.1 Å². The number of alkyl halides is 6. The molecule has 0 spiro atoms. The molecule has 1 saturated heterocycles. The first-order valence-corrected chi connectivity index (χ1v) is 15.2. The highest BCUT2D eigenvalue weighted by Crippen LogP contribution is 2.41. The predicted octanol–water partition coefficient (Wildman–Crippen LogP) is 8.43. The second-order valence-electron chi connectivity index (χ2n) is 12.4. The van der Waals surface area contributed by atoms with Gasteiger partial charge in [-0.1, -0.05) is 13.8 Å². The van der Waals surface area contributed by atoms with Crippen molar-refractivity contribution in [3.63, 3.8) is 0 Å². The number of carboxylic acid groups (broad SMARTS) is 1. The summed E-state index contributed by atoms with van der Waals surface area (Å²) in [6, 6.07) is 4.20. The third kappa shape index (κ3) is 8.21. The topological polar surface area (TPSA) is 83.0 Å². The van der Waals surface area contributed by atoms with E-state index in [2.05, 4.69) is 4.90 Å². The first kappa shape index (κ1) is 34.4. The van der Waals surface area contributed by atoms with Crippen LogP contribution in [0.3, 0.4) is 0 Å². The zero-order valence-corrected chi connectivity index (χ0v) is 25.7. The number of hydrogen-bond donors (Lipinski definition) is 1. The van der Waals surface area contributed by atoms with E-state index in [4.69, 9.17) is 14.8 Å². The number of pyridine rings is 1. The minimum Gasteiger partial charge on any atom is -0.481 e. The van der Waals surface area contributed by atoms with Crippen molar-refractivity contribution in [1.29, 1.82) is 0 Å². The van der Waals surface area contributed by atoms with Crippen LogP contribution >= 0.6 is 0 Å². The maximum Gasteiger partial charge on any atom is 0.416 e. The lowest BCUT2D eigenvalue weighted by molar-refractivity contribution is -0.143. The summed E-state index contributed by atoms with van der Waals surface area (Å²) in [5.41, 5.74) is -1.25. The van der Waals surface area contributed by atoms with Gasteiger partial charge in [-0.2, -0.15) is 26.3 Å². The molecule has 2 aliphatic rings. The minimum absolute atomic E-state index is 0.0499. The van der Waals surface area contributed by atoms with Gasteiger partial charge in [0.1, 0.15) is 6.10 Å². The Bertz CT molecular complexity index is 1340. The molecule has 2 aromatic rings. The summed E-state index contributed by atoms with van der Waals surface area (Å²) < 4.78 is 86.6. The van der Waals surface area contributed by atoms with E-state index in [1.807, 2.05) is 32.9 Å². The average molecular weight is 644 g/mol. The lowest BCUT2D eigenvalue weighted by Crippen LogP contribution is -2.35. The molecule has 2 atom stereocenters. The van der Waals surface area contributed by atoms with Crippen LogP contribution in [0.5, 0.6) is 0 Å². The molecule has 1 aromatic carbocycles. The largest absolute Gasteiger partial charge is 0.481 e. The standard InChI is InChI=1S/C32H39F6N3O4/c1-5-40(16-21-8-6-20(7-9-21)12-28(42)43)27-11-10-25(18(2)3)39-26(27)17-41-19(4)29(45-30(41)44)22-13-23(31(33,34)35)15-24(14-22)32(36,37)38/h10-11,13-15,18-21,29H,5-9,12,16-17H2,1-4H3,(H,42,43)/t19-,20-,21-,29-/m0/s1.